The second kappa shape index (κ2) is 10.1. The number of amides is 2. The lowest BCUT2D eigenvalue weighted by molar-refractivity contribution is 0.0511. The normalized spacial score (nSPS) is 17.9. The number of sulfonamides is 1. The maximum Gasteiger partial charge on any atom is 0.292 e. The molecule has 11 heteroatoms. The van der Waals surface area contributed by atoms with Crippen molar-refractivity contribution in [2.45, 2.75) is 37.5 Å². The Morgan fingerprint density at radius 1 is 0.912 bits per heavy atom. The molecule has 10 nitrogen and oxygen atoms in total. The predicted octanol–water partition coefficient (Wildman–Crippen LogP) is 2.15. The smallest absolute Gasteiger partial charge is 0.292 e. The number of carbonyl (C=O) groups is 2. The molecule has 184 valence electrons. The monoisotopic (exact) mass is 490 g/mol. The van der Waals surface area contributed by atoms with E-state index in [9.17, 15) is 18.0 Å². The summed E-state index contributed by atoms with van der Waals surface area (Å²) in [6.45, 7) is 3.99. The quantitative estimate of drug-likeness (QED) is 0.631. The molecule has 0 spiro atoms. The van der Waals surface area contributed by atoms with Gasteiger partial charge in [-0.15, -0.1) is 0 Å². The van der Waals surface area contributed by atoms with Crippen molar-refractivity contribution in [1.29, 1.82) is 0 Å². The molecule has 2 aliphatic rings. The highest BCUT2D eigenvalue weighted by molar-refractivity contribution is 7.89. The van der Waals surface area contributed by atoms with Gasteiger partial charge in [-0.3, -0.25) is 9.59 Å². The Kier molecular flexibility index (Phi) is 7.22. The van der Waals surface area contributed by atoms with Gasteiger partial charge in [0.05, 0.1) is 23.3 Å². The Morgan fingerprint density at radius 2 is 1.53 bits per heavy atom. The molecular weight excluding hydrogens is 460 g/mol. The average Bonchev–Trinajstić information content (AvgIpc) is 3.10. The van der Waals surface area contributed by atoms with Crippen molar-refractivity contribution in [1.82, 2.24) is 19.3 Å². The van der Waals surface area contributed by atoms with E-state index in [1.807, 2.05) is 0 Å². The van der Waals surface area contributed by atoms with Crippen molar-refractivity contribution in [2.24, 2.45) is 0 Å². The summed E-state index contributed by atoms with van der Waals surface area (Å²) in [5.74, 6) is -0.107. The predicted molar refractivity (Wildman–Crippen MR) is 123 cm³/mol. The van der Waals surface area contributed by atoms with Crippen molar-refractivity contribution >= 4 is 21.8 Å². The lowest BCUT2D eigenvalue weighted by Crippen LogP contribution is -2.50. The van der Waals surface area contributed by atoms with Gasteiger partial charge in [-0.05, 0) is 38.0 Å². The molecule has 0 saturated carbocycles. The van der Waals surface area contributed by atoms with Crippen LogP contribution in [-0.4, -0.2) is 85.9 Å². The molecule has 34 heavy (non-hydrogen) atoms. The van der Waals surface area contributed by atoms with Crippen LogP contribution in [0.3, 0.4) is 0 Å². The van der Waals surface area contributed by atoms with Crippen LogP contribution < -0.4 is 4.74 Å². The maximum absolute atomic E-state index is 13.3. The van der Waals surface area contributed by atoms with E-state index in [2.05, 4.69) is 5.16 Å². The fourth-order valence-electron chi connectivity index (χ4n) is 4.35. The molecule has 0 unspecified atom stereocenters. The van der Waals surface area contributed by atoms with Gasteiger partial charge >= 0.3 is 0 Å². The molecule has 2 amide bonds. The minimum absolute atomic E-state index is 0.0908. The molecule has 2 fully saturated rings. The third-order valence-electron chi connectivity index (χ3n) is 6.30. The third kappa shape index (κ3) is 4.95. The summed E-state index contributed by atoms with van der Waals surface area (Å²) in [6.07, 6.45) is 3.70. The largest absolute Gasteiger partial charge is 0.496 e. The van der Waals surface area contributed by atoms with Crippen LogP contribution in [0, 0.1) is 6.92 Å². The van der Waals surface area contributed by atoms with Gasteiger partial charge in [0.1, 0.15) is 5.75 Å². The van der Waals surface area contributed by atoms with E-state index in [-0.39, 0.29) is 28.0 Å². The molecule has 2 aromatic rings. The summed E-state index contributed by atoms with van der Waals surface area (Å²) in [7, 11) is -2.26. The molecule has 3 heterocycles. The Balaban J connectivity index is 1.50. The van der Waals surface area contributed by atoms with Crippen LogP contribution in [0.15, 0.2) is 33.7 Å². The first kappa shape index (κ1) is 24.2. The fourth-order valence-corrected chi connectivity index (χ4v) is 5.89. The molecule has 4 rings (SSSR count). The Bertz CT molecular complexity index is 1150. The SMILES string of the molecule is COc1ccc(S(=O)(=O)N2CCCCCC2)cc1C(=O)N1CCN(C(=O)c2cc(C)no2)CC1. The van der Waals surface area contributed by atoms with E-state index in [4.69, 9.17) is 9.26 Å². The second-order valence-corrected chi connectivity index (χ2v) is 10.5. The van der Waals surface area contributed by atoms with Crippen LogP contribution in [0.25, 0.3) is 0 Å². The van der Waals surface area contributed by atoms with Crippen molar-refractivity contribution in [3.8, 4) is 5.75 Å². The van der Waals surface area contributed by atoms with Crippen molar-refractivity contribution in [3.05, 3.63) is 41.3 Å². The third-order valence-corrected chi connectivity index (χ3v) is 8.19. The molecule has 0 bridgehead atoms. The Morgan fingerprint density at radius 3 is 2.09 bits per heavy atom. The molecule has 1 aromatic carbocycles. The summed E-state index contributed by atoms with van der Waals surface area (Å²) >= 11 is 0. The molecule has 0 aliphatic carbocycles. The Labute approximate surface area is 199 Å². The van der Waals surface area contributed by atoms with Crippen molar-refractivity contribution in [3.63, 3.8) is 0 Å². The number of hydrogen-bond donors (Lipinski definition) is 0. The zero-order chi connectivity index (χ0) is 24.3. The summed E-state index contributed by atoms with van der Waals surface area (Å²) in [6, 6.07) is 6.02. The first-order chi connectivity index (χ1) is 16.3. The molecule has 0 N–H and O–H groups in total. The summed E-state index contributed by atoms with van der Waals surface area (Å²) in [4.78, 5) is 29.2. The number of rotatable bonds is 5. The topological polar surface area (TPSA) is 113 Å². The van der Waals surface area contributed by atoms with Crippen molar-refractivity contribution < 1.29 is 27.3 Å². The molecule has 0 atom stereocenters. The van der Waals surface area contributed by atoms with Gasteiger partial charge in [0.2, 0.25) is 15.8 Å². The lowest BCUT2D eigenvalue weighted by atomic mass is 10.1. The van der Waals surface area contributed by atoms with Gasteiger partial charge in [0.25, 0.3) is 11.8 Å². The highest BCUT2D eigenvalue weighted by Gasteiger charge is 2.31. The van der Waals surface area contributed by atoms with Gasteiger partial charge in [0.15, 0.2) is 0 Å². The van der Waals surface area contributed by atoms with Crippen LogP contribution in [0.2, 0.25) is 0 Å². The minimum atomic E-state index is -3.71. The van der Waals surface area contributed by atoms with E-state index >= 15 is 0 Å². The summed E-state index contributed by atoms with van der Waals surface area (Å²) < 4.78 is 38.4. The lowest BCUT2D eigenvalue weighted by Gasteiger charge is -2.34. The zero-order valence-corrected chi connectivity index (χ0v) is 20.3. The average molecular weight is 491 g/mol. The second-order valence-electron chi connectivity index (χ2n) is 8.60. The highest BCUT2D eigenvalue weighted by Crippen LogP contribution is 2.27. The summed E-state index contributed by atoms with van der Waals surface area (Å²) in [5.41, 5.74) is 0.823. The van der Waals surface area contributed by atoms with E-state index in [1.54, 1.807) is 22.8 Å². The number of nitrogens with zero attached hydrogens (tertiary/aromatic N) is 4. The molecule has 0 radical (unpaired) electrons. The van der Waals surface area contributed by atoms with E-state index in [1.165, 1.54) is 29.6 Å². The fraction of sp³-hybridized carbons (Fsp3) is 0.522. The number of carbonyl (C=O) groups excluding carboxylic acids is 2. The van der Waals surface area contributed by atoms with Crippen molar-refractivity contribution in [2.75, 3.05) is 46.4 Å². The standard InChI is InChI=1S/C23H30N4O6S/c1-17-15-21(33-24-17)23(29)26-13-11-25(12-14-26)22(28)19-16-18(7-8-20(19)32-2)34(30,31)27-9-5-3-4-6-10-27/h7-8,15-16H,3-6,9-14H2,1-2H3. The molecule has 2 aliphatic heterocycles. The van der Waals surface area contributed by atoms with Gasteiger partial charge in [-0.2, -0.15) is 4.31 Å². The highest BCUT2D eigenvalue weighted by atomic mass is 32.2. The Hall–Kier alpha value is -2.92. The number of ether oxygens (including phenoxy) is 1. The maximum atomic E-state index is 13.3. The molecular formula is C23H30N4O6S. The number of aromatic nitrogens is 1. The van der Waals surface area contributed by atoms with Crippen LogP contribution >= 0.6 is 0 Å². The van der Waals surface area contributed by atoms with E-state index < -0.39 is 10.0 Å². The number of hydrogen-bond acceptors (Lipinski definition) is 7. The first-order valence-electron chi connectivity index (χ1n) is 11.5. The van der Waals surface area contributed by atoms with Crippen LogP contribution in [-0.2, 0) is 10.0 Å². The van der Waals surface area contributed by atoms with Gasteiger partial charge < -0.3 is 19.1 Å². The van der Waals surface area contributed by atoms with E-state index in [0.29, 0.717) is 50.7 Å². The first-order valence-corrected chi connectivity index (χ1v) is 13.0. The molecule has 2 saturated heterocycles. The minimum Gasteiger partial charge on any atom is -0.496 e. The van der Waals surface area contributed by atoms with Gasteiger partial charge in [-0.1, -0.05) is 18.0 Å². The van der Waals surface area contributed by atoms with Crippen LogP contribution in [0.5, 0.6) is 5.75 Å². The number of methoxy groups -OCH3 is 1. The number of aryl methyl sites for hydroxylation is 1. The summed E-state index contributed by atoms with van der Waals surface area (Å²) in [5, 5.41) is 3.75. The van der Waals surface area contributed by atoms with Gasteiger partial charge in [0, 0.05) is 45.3 Å². The molecule has 1 aromatic heterocycles. The van der Waals surface area contributed by atoms with Crippen LogP contribution in [0.1, 0.15) is 52.3 Å². The van der Waals surface area contributed by atoms with Gasteiger partial charge in [-0.25, -0.2) is 8.42 Å². The number of benzene rings is 1. The van der Waals surface area contributed by atoms with Crippen LogP contribution in [0.4, 0.5) is 0 Å². The van der Waals surface area contributed by atoms with E-state index in [0.717, 1.165) is 25.7 Å². The zero-order valence-electron chi connectivity index (χ0n) is 19.5. The number of piperazine rings is 1.